The van der Waals surface area contributed by atoms with Gasteiger partial charge in [-0.15, -0.1) is 0 Å². The Morgan fingerprint density at radius 3 is 2.70 bits per heavy atom. The lowest BCUT2D eigenvalue weighted by Gasteiger charge is -2.34. The van der Waals surface area contributed by atoms with Crippen molar-refractivity contribution in [2.45, 2.75) is 38.8 Å². The van der Waals surface area contributed by atoms with Crippen molar-refractivity contribution in [3.8, 4) is 11.4 Å². The highest BCUT2D eigenvalue weighted by molar-refractivity contribution is 6.00. The highest BCUT2D eigenvalue weighted by atomic mass is 16.2. The first kappa shape index (κ1) is 18.7. The third-order valence-electron chi connectivity index (χ3n) is 6.16. The molecule has 5 rings (SSSR count). The topological polar surface area (TPSA) is 71.0 Å². The van der Waals surface area contributed by atoms with Gasteiger partial charge in [-0.3, -0.25) is 14.8 Å². The van der Waals surface area contributed by atoms with Gasteiger partial charge in [0.15, 0.2) is 0 Å². The number of hydrogen-bond donors (Lipinski definition) is 1. The summed E-state index contributed by atoms with van der Waals surface area (Å²) in [5, 5.41) is 3.56. The molecule has 4 heterocycles. The van der Waals surface area contributed by atoms with Crippen molar-refractivity contribution in [1.29, 1.82) is 0 Å². The Labute approximate surface area is 176 Å². The SMILES string of the molecule is Cc1ccc(NC2CC3CC2N(C(=O)c2ccc(C)nc2-c2ccccn2)C3)nc1. The maximum Gasteiger partial charge on any atom is 0.256 e. The van der Waals surface area contributed by atoms with Crippen LogP contribution in [-0.2, 0) is 0 Å². The van der Waals surface area contributed by atoms with Crippen LogP contribution in [0.4, 0.5) is 5.82 Å². The summed E-state index contributed by atoms with van der Waals surface area (Å²) in [4.78, 5) is 29.2. The van der Waals surface area contributed by atoms with Gasteiger partial charge in [-0.25, -0.2) is 4.98 Å². The van der Waals surface area contributed by atoms with Gasteiger partial charge in [0, 0.05) is 30.7 Å². The summed E-state index contributed by atoms with van der Waals surface area (Å²) in [5.74, 6) is 1.44. The molecule has 2 aliphatic rings. The molecular formula is C24H25N5O. The second-order valence-electron chi connectivity index (χ2n) is 8.40. The number of hydrogen-bond acceptors (Lipinski definition) is 5. The zero-order valence-electron chi connectivity index (χ0n) is 17.2. The summed E-state index contributed by atoms with van der Waals surface area (Å²) in [6.07, 6.45) is 5.71. The van der Waals surface area contributed by atoms with Gasteiger partial charge in [0.1, 0.15) is 11.5 Å². The van der Waals surface area contributed by atoms with E-state index in [2.05, 4.69) is 26.3 Å². The molecule has 1 aliphatic heterocycles. The first-order valence-electron chi connectivity index (χ1n) is 10.5. The number of likely N-dealkylation sites (tertiary alicyclic amines) is 1. The Balaban J connectivity index is 1.41. The number of nitrogens with one attached hydrogen (secondary N) is 1. The maximum atomic E-state index is 13.6. The number of anilines is 1. The lowest BCUT2D eigenvalue weighted by atomic mass is 10.0. The van der Waals surface area contributed by atoms with Crippen LogP contribution in [0.25, 0.3) is 11.4 Å². The van der Waals surface area contributed by atoms with Gasteiger partial charge in [0.25, 0.3) is 5.91 Å². The van der Waals surface area contributed by atoms with Gasteiger partial charge in [0.05, 0.1) is 17.3 Å². The number of aryl methyl sites for hydroxylation is 2. The van der Waals surface area contributed by atoms with Gasteiger partial charge in [-0.2, -0.15) is 0 Å². The first-order chi connectivity index (χ1) is 14.6. The molecule has 30 heavy (non-hydrogen) atoms. The summed E-state index contributed by atoms with van der Waals surface area (Å²) in [6.45, 7) is 4.77. The minimum atomic E-state index is 0.0408. The van der Waals surface area contributed by atoms with Crippen LogP contribution in [0.5, 0.6) is 0 Å². The molecule has 3 aromatic rings. The first-order valence-corrected chi connectivity index (χ1v) is 10.5. The number of aromatic nitrogens is 3. The average Bonchev–Trinajstić information content (AvgIpc) is 3.36. The Hall–Kier alpha value is -3.28. The normalized spacial score (nSPS) is 22.3. The fourth-order valence-corrected chi connectivity index (χ4v) is 4.74. The summed E-state index contributed by atoms with van der Waals surface area (Å²) < 4.78 is 0. The van der Waals surface area contributed by atoms with Crippen molar-refractivity contribution >= 4 is 11.7 Å². The molecule has 0 radical (unpaired) electrons. The highest BCUT2D eigenvalue weighted by Gasteiger charge is 2.47. The minimum absolute atomic E-state index is 0.0408. The molecule has 1 amide bonds. The van der Waals surface area contributed by atoms with Crippen LogP contribution < -0.4 is 5.32 Å². The molecular weight excluding hydrogens is 374 g/mol. The summed E-state index contributed by atoms with van der Waals surface area (Å²) in [7, 11) is 0. The van der Waals surface area contributed by atoms with Crippen molar-refractivity contribution in [3.05, 3.63) is 71.7 Å². The predicted molar refractivity (Wildman–Crippen MR) is 116 cm³/mol. The molecule has 2 fully saturated rings. The Bertz CT molecular complexity index is 1070. The number of rotatable bonds is 4. The van der Waals surface area contributed by atoms with Crippen molar-refractivity contribution in [3.63, 3.8) is 0 Å². The fourth-order valence-electron chi connectivity index (χ4n) is 4.74. The molecule has 1 saturated heterocycles. The van der Waals surface area contributed by atoms with Crippen LogP contribution in [0.1, 0.15) is 34.5 Å². The number of carbonyl (C=O) groups excluding carboxylic acids is 1. The third kappa shape index (κ3) is 3.43. The van der Waals surface area contributed by atoms with Crippen LogP contribution in [0.2, 0.25) is 0 Å². The third-order valence-corrected chi connectivity index (χ3v) is 6.16. The zero-order chi connectivity index (χ0) is 20.7. The number of piperidine rings is 1. The quantitative estimate of drug-likeness (QED) is 0.721. The van der Waals surface area contributed by atoms with Crippen LogP contribution >= 0.6 is 0 Å². The Morgan fingerprint density at radius 2 is 1.97 bits per heavy atom. The molecule has 6 nitrogen and oxygen atoms in total. The highest BCUT2D eigenvalue weighted by Crippen LogP contribution is 2.40. The second kappa shape index (κ2) is 7.52. The standard InChI is InChI=1S/C24H25N5O/c1-15-6-9-22(26-13-15)28-20-11-17-12-21(20)29(14-17)24(30)18-8-7-16(2)27-23(18)19-5-3-4-10-25-19/h3-10,13,17,20-21H,11-12,14H2,1-2H3,(H,26,28). The van der Waals surface area contributed by atoms with Crippen molar-refractivity contribution in [1.82, 2.24) is 19.9 Å². The van der Waals surface area contributed by atoms with E-state index in [1.807, 2.05) is 61.3 Å². The Morgan fingerprint density at radius 1 is 1.07 bits per heavy atom. The van der Waals surface area contributed by atoms with E-state index in [-0.39, 0.29) is 18.0 Å². The monoisotopic (exact) mass is 399 g/mol. The van der Waals surface area contributed by atoms with Crippen molar-refractivity contribution in [2.24, 2.45) is 5.92 Å². The van der Waals surface area contributed by atoms with Crippen LogP contribution in [0.15, 0.2) is 54.9 Å². The van der Waals surface area contributed by atoms with E-state index in [9.17, 15) is 4.79 Å². The van der Waals surface area contributed by atoms with E-state index in [0.29, 0.717) is 17.2 Å². The number of amides is 1. The molecule has 0 spiro atoms. The van der Waals surface area contributed by atoms with Gasteiger partial charge in [-0.05, 0) is 68.5 Å². The molecule has 1 aliphatic carbocycles. The summed E-state index contributed by atoms with van der Waals surface area (Å²) in [5.41, 5.74) is 4.03. The molecule has 3 atom stereocenters. The Kier molecular flexibility index (Phi) is 4.69. The van der Waals surface area contributed by atoms with Gasteiger partial charge < -0.3 is 10.2 Å². The number of nitrogens with zero attached hydrogens (tertiary/aromatic N) is 4. The number of fused-ring (bicyclic) bond motifs is 2. The number of carbonyl (C=O) groups is 1. The molecule has 152 valence electrons. The van der Waals surface area contributed by atoms with Crippen LogP contribution in [-0.4, -0.2) is 44.4 Å². The van der Waals surface area contributed by atoms with E-state index in [1.54, 1.807) is 6.20 Å². The lowest BCUT2D eigenvalue weighted by molar-refractivity contribution is 0.0692. The fraction of sp³-hybridized carbons (Fsp3) is 0.333. The molecule has 6 heteroatoms. The lowest BCUT2D eigenvalue weighted by Crippen LogP contribution is -2.48. The van der Waals surface area contributed by atoms with Crippen molar-refractivity contribution < 1.29 is 4.79 Å². The molecule has 3 aromatic heterocycles. The predicted octanol–water partition coefficient (Wildman–Crippen LogP) is 3.87. The smallest absolute Gasteiger partial charge is 0.256 e. The zero-order valence-corrected chi connectivity index (χ0v) is 17.2. The van der Waals surface area contributed by atoms with E-state index in [1.165, 1.54) is 0 Å². The average molecular weight is 399 g/mol. The van der Waals surface area contributed by atoms with E-state index in [0.717, 1.165) is 42.2 Å². The number of pyridine rings is 3. The molecule has 0 aromatic carbocycles. The van der Waals surface area contributed by atoms with E-state index < -0.39 is 0 Å². The van der Waals surface area contributed by atoms with E-state index in [4.69, 9.17) is 0 Å². The molecule has 3 unspecified atom stereocenters. The summed E-state index contributed by atoms with van der Waals surface area (Å²) in [6, 6.07) is 14.0. The van der Waals surface area contributed by atoms with Crippen LogP contribution in [0, 0.1) is 19.8 Å². The molecule has 1 saturated carbocycles. The van der Waals surface area contributed by atoms with Crippen molar-refractivity contribution in [2.75, 3.05) is 11.9 Å². The molecule has 2 bridgehead atoms. The molecule has 1 N–H and O–H groups in total. The maximum absolute atomic E-state index is 13.6. The van der Waals surface area contributed by atoms with Gasteiger partial charge in [-0.1, -0.05) is 12.1 Å². The summed E-state index contributed by atoms with van der Waals surface area (Å²) >= 11 is 0. The van der Waals surface area contributed by atoms with Gasteiger partial charge in [0.2, 0.25) is 0 Å². The minimum Gasteiger partial charge on any atom is -0.365 e. The van der Waals surface area contributed by atoms with Gasteiger partial charge >= 0.3 is 0 Å². The van der Waals surface area contributed by atoms with Crippen LogP contribution in [0.3, 0.4) is 0 Å². The van der Waals surface area contributed by atoms with E-state index >= 15 is 0 Å². The largest absolute Gasteiger partial charge is 0.365 e. The second-order valence-corrected chi connectivity index (χ2v) is 8.40.